The molecule has 2 amide bonds. The van der Waals surface area contributed by atoms with Crippen LogP contribution in [0, 0.1) is 0 Å². The van der Waals surface area contributed by atoms with Crippen LogP contribution in [-0.2, 0) is 4.79 Å². The van der Waals surface area contributed by atoms with E-state index in [-0.39, 0.29) is 23.9 Å². The van der Waals surface area contributed by atoms with Gasteiger partial charge in [0.25, 0.3) is 5.91 Å². The Balaban J connectivity index is 1.99. The average molecular weight is 374 g/mol. The number of piperazine rings is 1. The summed E-state index contributed by atoms with van der Waals surface area (Å²) in [5.41, 5.74) is -0.0233. The number of ether oxygens (including phenoxy) is 1. The van der Waals surface area contributed by atoms with Crippen molar-refractivity contribution in [3.05, 3.63) is 23.9 Å². The number of hydrogen-bond acceptors (Lipinski definition) is 5. The highest BCUT2D eigenvalue weighted by atomic mass is 19.4. The van der Waals surface area contributed by atoms with Gasteiger partial charge in [0.05, 0.1) is 6.54 Å². The smallest absolute Gasteiger partial charge is 0.422 e. The quantitative estimate of drug-likeness (QED) is 0.765. The molecule has 0 saturated carbocycles. The molecular weight excluding hydrogens is 353 g/mol. The Morgan fingerprint density at radius 3 is 2.38 bits per heavy atom. The van der Waals surface area contributed by atoms with Gasteiger partial charge in [-0.3, -0.25) is 9.59 Å². The molecule has 1 aliphatic heterocycles. The first kappa shape index (κ1) is 20.0. The average Bonchev–Trinajstić information content (AvgIpc) is 2.58. The molecule has 0 atom stereocenters. The molecule has 1 aromatic rings. The molecule has 2 rings (SSSR count). The number of nitrogens with zero attached hydrogens (tertiary/aromatic N) is 4. The number of hydrogen-bond donors (Lipinski definition) is 0. The number of rotatable bonds is 5. The van der Waals surface area contributed by atoms with Crippen LogP contribution >= 0.6 is 0 Å². The van der Waals surface area contributed by atoms with Gasteiger partial charge >= 0.3 is 6.18 Å². The van der Waals surface area contributed by atoms with Gasteiger partial charge in [0.2, 0.25) is 11.8 Å². The van der Waals surface area contributed by atoms with Gasteiger partial charge in [0, 0.05) is 32.4 Å². The lowest BCUT2D eigenvalue weighted by atomic mass is 10.2. The van der Waals surface area contributed by atoms with Crippen LogP contribution in [0.5, 0.6) is 5.88 Å². The Morgan fingerprint density at radius 1 is 1.19 bits per heavy atom. The zero-order chi connectivity index (χ0) is 19.3. The molecule has 7 nitrogen and oxygen atoms in total. The van der Waals surface area contributed by atoms with Crippen molar-refractivity contribution in [3.8, 4) is 5.88 Å². The highest BCUT2D eigenvalue weighted by Gasteiger charge is 2.31. The second-order valence-corrected chi connectivity index (χ2v) is 6.17. The summed E-state index contributed by atoms with van der Waals surface area (Å²) >= 11 is 0. The van der Waals surface area contributed by atoms with Crippen LogP contribution < -0.4 is 4.74 Å². The van der Waals surface area contributed by atoms with Gasteiger partial charge in [0.1, 0.15) is 5.56 Å². The highest BCUT2D eigenvalue weighted by Crippen LogP contribution is 2.21. The first-order valence-electron chi connectivity index (χ1n) is 8.04. The predicted octanol–water partition coefficient (Wildman–Crippen LogP) is 0.869. The second kappa shape index (κ2) is 8.35. The van der Waals surface area contributed by atoms with E-state index >= 15 is 0 Å². The minimum Gasteiger partial charge on any atom is -0.467 e. The first-order chi connectivity index (χ1) is 12.2. The largest absolute Gasteiger partial charge is 0.467 e. The van der Waals surface area contributed by atoms with Gasteiger partial charge in [-0.15, -0.1) is 0 Å². The molecule has 26 heavy (non-hydrogen) atoms. The van der Waals surface area contributed by atoms with Crippen molar-refractivity contribution < 1.29 is 27.5 Å². The number of amides is 2. The number of pyridine rings is 1. The first-order valence-corrected chi connectivity index (χ1v) is 8.04. The normalized spacial score (nSPS) is 15.3. The molecule has 1 aromatic heterocycles. The van der Waals surface area contributed by atoms with E-state index in [9.17, 15) is 22.8 Å². The van der Waals surface area contributed by atoms with Crippen molar-refractivity contribution >= 4 is 11.8 Å². The maximum absolute atomic E-state index is 12.6. The van der Waals surface area contributed by atoms with Crippen LogP contribution in [0.1, 0.15) is 10.4 Å². The molecule has 0 aromatic carbocycles. The molecule has 0 radical (unpaired) electrons. The van der Waals surface area contributed by atoms with E-state index in [4.69, 9.17) is 0 Å². The Kier molecular flexibility index (Phi) is 6.41. The molecule has 1 saturated heterocycles. The number of carbonyl (C=O) groups excluding carboxylic acids is 2. The van der Waals surface area contributed by atoms with Crippen LogP contribution in [0.4, 0.5) is 13.2 Å². The molecule has 10 heteroatoms. The molecule has 144 valence electrons. The topological polar surface area (TPSA) is 66.0 Å². The van der Waals surface area contributed by atoms with Gasteiger partial charge in [-0.05, 0) is 26.2 Å². The van der Waals surface area contributed by atoms with Crippen molar-refractivity contribution in [2.45, 2.75) is 6.18 Å². The summed E-state index contributed by atoms with van der Waals surface area (Å²) in [4.78, 5) is 33.3. The molecule has 1 aliphatic rings. The number of carbonyl (C=O) groups is 2. The Hall–Kier alpha value is -2.36. The van der Waals surface area contributed by atoms with Crippen LogP contribution in [0.3, 0.4) is 0 Å². The molecular formula is C16H21F3N4O3. The van der Waals surface area contributed by atoms with Crippen LogP contribution in [0.2, 0.25) is 0 Å². The minimum absolute atomic E-state index is 0.0233. The van der Waals surface area contributed by atoms with Gasteiger partial charge in [-0.25, -0.2) is 4.98 Å². The third kappa shape index (κ3) is 5.58. The number of aromatic nitrogens is 1. The van der Waals surface area contributed by atoms with Crippen LogP contribution in [-0.4, -0.2) is 91.1 Å². The van der Waals surface area contributed by atoms with E-state index in [0.29, 0.717) is 26.2 Å². The fourth-order valence-corrected chi connectivity index (χ4v) is 2.52. The van der Waals surface area contributed by atoms with E-state index in [2.05, 4.69) is 9.72 Å². The summed E-state index contributed by atoms with van der Waals surface area (Å²) in [6.45, 7) is 0.106. The van der Waals surface area contributed by atoms with Crippen molar-refractivity contribution in [2.75, 3.05) is 53.4 Å². The Labute approximate surface area is 149 Å². The van der Waals surface area contributed by atoms with Crippen molar-refractivity contribution in [1.29, 1.82) is 0 Å². The summed E-state index contributed by atoms with van der Waals surface area (Å²) in [5.74, 6) is -0.839. The Morgan fingerprint density at radius 2 is 1.81 bits per heavy atom. The number of halogens is 3. The third-order valence-electron chi connectivity index (χ3n) is 3.75. The minimum atomic E-state index is -4.52. The SMILES string of the molecule is CN(C)CC(=O)N1CCN(C(=O)c2cccnc2OCC(F)(F)F)CC1. The maximum Gasteiger partial charge on any atom is 0.422 e. The van der Waals surface area contributed by atoms with E-state index in [1.54, 1.807) is 23.9 Å². The van der Waals surface area contributed by atoms with Gasteiger partial charge in [-0.1, -0.05) is 0 Å². The standard InChI is InChI=1S/C16H21F3N4O3/c1-21(2)10-13(24)22-6-8-23(9-7-22)15(25)12-4-3-5-20-14(12)26-11-16(17,18)19/h3-5H,6-11H2,1-2H3. The third-order valence-corrected chi connectivity index (χ3v) is 3.75. The summed E-state index contributed by atoms with van der Waals surface area (Å²) in [6, 6.07) is 2.84. The summed E-state index contributed by atoms with van der Waals surface area (Å²) in [6.07, 6.45) is -3.25. The van der Waals surface area contributed by atoms with Crippen molar-refractivity contribution in [2.24, 2.45) is 0 Å². The molecule has 0 unspecified atom stereocenters. The van der Waals surface area contributed by atoms with Crippen LogP contribution in [0.15, 0.2) is 18.3 Å². The molecule has 1 fully saturated rings. The maximum atomic E-state index is 12.6. The monoisotopic (exact) mass is 374 g/mol. The van der Waals surface area contributed by atoms with Crippen molar-refractivity contribution in [3.63, 3.8) is 0 Å². The van der Waals surface area contributed by atoms with Crippen molar-refractivity contribution in [1.82, 2.24) is 19.7 Å². The molecule has 0 bridgehead atoms. The number of likely N-dealkylation sites (N-methyl/N-ethyl adjacent to an activating group) is 1. The molecule has 2 heterocycles. The zero-order valence-electron chi connectivity index (χ0n) is 14.6. The van der Waals surface area contributed by atoms with Gasteiger partial charge in [0.15, 0.2) is 6.61 Å². The van der Waals surface area contributed by atoms with E-state index < -0.39 is 18.7 Å². The lowest BCUT2D eigenvalue weighted by Gasteiger charge is -2.35. The molecule has 0 N–H and O–H groups in total. The van der Waals surface area contributed by atoms with E-state index in [1.807, 2.05) is 0 Å². The summed E-state index contributed by atoms with van der Waals surface area (Å²) < 4.78 is 41.7. The number of alkyl halides is 3. The Bertz CT molecular complexity index is 644. The van der Waals surface area contributed by atoms with Gasteiger partial charge < -0.3 is 19.4 Å². The second-order valence-electron chi connectivity index (χ2n) is 6.17. The zero-order valence-corrected chi connectivity index (χ0v) is 14.6. The fraction of sp³-hybridized carbons (Fsp3) is 0.562. The lowest BCUT2D eigenvalue weighted by molar-refractivity contribution is -0.154. The van der Waals surface area contributed by atoms with Gasteiger partial charge in [-0.2, -0.15) is 13.2 Å². The van der Waals surface area contributed by atoms with Crippen LogP contribution in [0.25, 0.3) is 0 Å². The summed E-state index contributed by atoms with van der Waals surface area (Å²) in [7, 11) is 3.59. The molecule has 0 spiro atoms. The fourth-order valence-electron chi connectivity index (χ4n) is 2.52. The molecule has 0 aliphatic carbocycles. The lowest BCUT2D eigenvalue weighted by Crippen LogP contribution is -2.52. The van der Waals surface area contributed by atoms with E-state index in [0.717, 1.165) is 0 Å². The highest BCUT2D eigenvalue weighted by molar-refractivity contribution is 5.96. The predicted molar refractivity (Wildman–Crippen MR) is 86.8 cm³/mol. The van der Waals surface area contributed by atoms with E-state index in [1.165, 1.54) is 23.2 Å². The summed E-state index contributed by atoms with van der Waals surface area (Å²) in [5, 5.41) is 0.